The van der Waals surface area contributed by atoms with E-state index in [4.69, 9.17) is 10.2 Å². The normalized spacial score (nSPS) is 10.9. The van der Waals surface area contributed by atoms with Crippen LogP contribution in [-0.4, -0.2) is 53.8 Å². The second-order valence-electron chi connectivity index (χ2n) is 5.37. The Bertz CT molecular complexity index is 547. The molecule has 1 amide bonds. The number of nitrogens with zero attached hydrogens (tertiary/aromatic N) is 5. The minimum atomic E-state index is 0.146. The zero-order valence-corrected chi connectivity index (χ0v) is 13.1. The molecule has 8 heteroatoms. The SMILES string of the molecule is O=CN(Cc1cn(CCCO)cn1)Cc1cn(CCCO)cn1. The highest BCUT2D eigenvalue weighted by Crippen LogP contribution is 2.07. The van der Waals surface area contributed by atoms with Crippen LogP contribution in [0.25, 0.3) is 0 Å². The molecule has 0 aliphatic carbocycles. The van der Waals surface area contributed by atoms with Crippen molar-refractivity contribution in [2.24, 2.45) is 0 Å². The van der Waals surface area contributed by atoms with Gasteiger partial charge in [-0.25, -0.2) is 9.97 Å². The van der Waals surface area contributed by atoms with Crippen molar-refractivity contribution in [3.63, 3.8) is 0 Å². The first kappa shape index (κ1) is 17.2. The zero-order valence-electron chi connectivity index (χ0n) is 13.1. The van der Waals surface area contributed by atoms with Gasteiger partial charge in [0.2, 0.25) is 6.41 Å². The molecule has 0 saturated carbocycles. The molecule has 0 atom stereocenters. The number of rotatable bonds is 11. The summed E-state index contributed by atoms with van der Waals surface area (Å²) in [6, 6.07) is 0. The third kappa shape index (κ3) is 5.50. The summed E-state index contributed by atoms with van der Waals surface area (Å²) in [6.07, 6.45) is 9.32. The van der Waals surface area contributed by atoms with E-state index in [9.17, 15) is 4.79 Å². The highest BCUT2D eigenvalue weighted by molar-refractivity contribution is 5.47. The third-order valence-electron chi connectivity index (χ3n) is 3.40. The second-order valence-corrected chi connectivity index (χ2v) is 5.37. The van der Waals surface area contributed by atoms with Gasteiger partial charge in [-0.15, -0.1) is 0 Å². The molecule has 0 aliphatic rings. The van der Waals surface area contributed by atoms with E-state index in [-0.39, 0.29) is 13.2 Å². The Morgan fingerprint density at radius 3 is 1.83 bits per heavy atom. The molecule has 0 fully saturated rings. The summed E-state index contributed by atoms with van der Waals surface area (Å²) in [7, 11) is 0. The maximum atomic E-state index is 11.3. The van der Waals surface area contributed by atoms with Gasteiger partial charge in [-0.1, -0.05) is 0 Å². The van der Waals surface area contributed by atoms with Gasteiger partial charge in [0.05, 0.1) is 37.1 Å². The van der Waals surface area contributed by atoms with Crippen LogP contribution in [0.4, 0.5) is 0 Å². The summed E-state index contributed by atoms with van der Waals surface area (Å²) < 4.78 is 3.80. The lowest BCUT2D eigenvalue weighted by molar-refractivity contribution is -0.119. The van der Waals surface area contributed by atoms with Gasteiger partial charge in [0.15, 0.2) is 0 Å². The molecule has 0 aliphatic heterocycles. The number of hydrogen-bond acceptors (Lipinski definition) is 5. The van der Waals surface area contributed by atoms with Gasteiger partial charge in [0.1, 0.15) is 0 Å². The first-order valence-corrected chi connectivity index (χ1v) is 7.67. The lowest BCUT2D eigenvalue weighted by Crippen LogP contribution is -2.21. The smallest absolute Gasteiger partial charge is 0.210 e. The number of aromatic nitrogens is 4. The second kappa shape index (κ2) is 9.06. The molecule has 8 nitrogen and oxygen atoms in total. The van der Waals surface area contributed by atoms with Gasteiger partial charge in [-0.05, 0) is 12.8 Å². The van der Waals surface area contributed by atoms with Crippen LogP contribution in [0, 0.1) is 0 Å². The third-order valence-corrected chi connectivity index (χ3v) is 3.40. The fourth-order valence-corrected chi connectivity index (χ4v) is 2.27. The van der Waals surface area contributed by atoms with Crippen molar-refractivity contribution < 1.29 is 15.0 Å². The van der Waals surface area contributed by atoms with Crippen LogP contribution in [0.1, 0.15) is 24.2 Å². The lowest BCUT2D eigenvalue weighted by atomic mass is 10.3. The Morgan fingerprint density at radius 2 is 1.43 bits per heavy atom. The molecule has 0 spiro atoms. The molecule has 2 aromatic heterocycles. The fraction of sp³-hybridized carbons (Fsp3) is 0.533. The zero-order chi connectivity index (χ0) is 16.5. The average molecular weight is 321 g/mol. The topological polar surface area (TPSA) is 96.4 Å². The number of carbonyl (C=O) groups excluding carboxylic acids is 1. The number of aryl methyl sites for hydroxylation is 2. The molecule has 2 heterocycles. The van der Waals surface area contributed by atoms with Gasteiger partial charge in [0.25, 0.3) is 0 Å². The van der Waals surface area contributed by atoms with Gasteiger partial charge < -0.3 is 24.2 Å². The van der Waals surface area contributed by atoms with E-state index in [0.717, 1.165) is 17.8 Å². The van der Waals surface area contributed by atoms with Crippen LogP contribution in [0.15, 0.2) is 25.0 Å². The minimum absolute atomic E-state index is 0.146. The highest BCUT2D eigenvalue weighted by atomic mass is 16.3. The van der Waals surface area contributed by atoms with E-state index in [1.165, 1.54) is 0 Å². The summed E-state index contributed by atoms with van der Waals surface area (Å²) in [4.78, 5) is 21.4. The van der Waals surface area contributed by atoms with Crippen LogP contribution < -0.4 is 0 Å². The number of aliphatic hydroxyl groups is 2. The van der Waals surface area contributed by atoms with Gasteiger partial charge in [-0.2, -0.15) is 0 Å². The Hall–Kier alpha value is -2.19. The molecule has 126 valence electrons. The van der Waals surface area contributed by atoms with E-state index >= 15 is 0 Å². The quantitative estimate of drug-likeness (QED) is 0.568. The Morgan fingerprint density at radius 1 is 0.957 bits per heavy atom. The summed E-state index contributed by atoms with van der Waals surface area (Å²) in [5, 5.41) is 17.7. The summed E-state index contributed by atoms with van der Waals surface area (Å²) >= 11 is 0. The molecule has 0 unspecified atom stereocenters. The van der Waals surface area contributed by atoms with Crippen molar-refractivity contribution in [3.05, 3.63) is 36.4 Å². The molecular weight excluding hydrogens is 298 g/mol. The Kier molecular flexibility index (Phi) is 6.76. The van der Waals surface area contributed by atoms with Crippen LogP contribution in [0.2, 0.25) is 0 Å². The van der Waals surface area contributed by atoms with E-state index in [0.29, 0.717) is 39.0 Å². The van der Waals surface area contributed by atoms with Crippen molar-refractivity contribution in [3.8, 4) is 0 Å². The van der Waals surface area contributed by atoms with Crippen LogP contribution >= 0.6 is 0 Å². The number of imidazole rings is 2. The first-order valence-electron chi connectivity index (χ1n) is 7.67. The minimum Gasteiger partial charge on any atom is -0.396 e. The monoisotopic (exact) mass is 321 g/mol. The molecule has 0 saturated heterocycles. The number of amides is 1. The summed E-state index contributed by atoms with van der Waals surface area (Å²) in [5.74, 6) is 0. The summed E-state index contributed by atoms with van der Waals surface area (Å²) in [6.45, 7) is 2.54. The van der Waals surface area contributed by atoms with Gasteiger partial charge in [0, 0.05) is 38.7 Å². The van der Waals surface area contributed by atoms with Crippen molar-refractivity contribution in [1.82, 2.24) is 24.0 Å². The van der Waals surface area contributed by atoms with E-state index in [2.05, 4.69) is 9.97 Å². The van der Waals surface area contributed by atoms with Crippen molar-refractivity contribution in [1.29, 1.82) is 0 Å². The predicted octanol–water partition coefficient (Wildman–Crippen LogP) is 0.00300. The van der Waals surface area contributed by atoms with Crippen molar-refractivity contribution in [2.45, 2.75) is 39.0 Å². The largest absolute Gasteiger partial charge is 0.396 e. The molecule has 0 bridgehead atoms. The lowest BCUT2D eigenvalue weighted by Gasteiger charge is -2.14. The average Bonchev–Trinajstić information content (AvgIpc) is 3.19. The van der Waals surface area contributed by atoms with Crippen LogP contribution in [0.5, 0.6) is 0 Å². The molecule has 0 radical (unpaired) electrons. The van der Waals surface area contributed by atoms with Crippen LogP contribution in [-0.2, 0) is 31.0 Å². The maximum absolute atomic E-state index is 11.3. The first-order chi connectivity index (χ1) is 11.2. The highest BCUT2D eigenvalue weighted by Gasteiger charge is 2.09. The molecule has 2 rings (SSSR count). The molecule has 0 aromatic carbocycles. The maximum Gasteiger partial charge on any atom is 0.210 e. The van der Waals surface area contributed by atoms with Gasteiger partial charge in [-0.3, -0.25) is 4.79 Å². The van der Waals surface area contributed by atoms with Crippen molar-refractivity contribution >= 4 is 6.41 Å². The number of aliphatic hydroxyl groups excluding tert-OH is 2. The van der Waals surface area contributed by atoms with Crippen molar-refractivity contribution in [2.75, 3.05) is 13.2 Å². The van der Waals surface area contributed by atoms with E-state index in [1.54, 1.807) is 17.6 Å². The Labute approximate surface area is 135 Å². The standard InChI is InChI=1S/C15H23N5O3/c21-5-1-3-18-7-14(16-11-18)9-20(13-23)10-15-8-19(12-17-15)4-2-6-22/h7-8,11-13,21-22H,1-6,9-10H2. The van der Waals surface area contributed by atoms with E-state index in [1.807, 2.05) is 21.5 Å². The summed E-state index contributed by atoms with van der Waals surface area (Å²) in [5.41, 5.74) is 1.60. The molecular formula is C15H23N5O3. The molecule has 2 aromatic rings. The fourth-order valence-electron chi connectivity index (χ4n) is 2.27. The molecule has 2 N–H and O–H groups in total. The Balaban J connectivity index is 1.88. The number of carbonyl (C=O) groups is 1. The molecule has 23 heavy (non-hydrogen) atoms. The van der Waals surface area contributed by atoms with Crippen LogP contribution in [0.3, 0.4) is 0 Å². The predicted molar refractivity (Wildman–Crippen MR) is 83.2 cm³/mol. The number of hydrogen-bond donors (Lipinski definition) is 2. The van der Waals surface area contributed by atoms with Gasteiger partial charge >= 0.3 is 0 Å². The van der Waals surface area contributed by atoms with E-state index < -0.39 is 0 Å².